The summed E-state index contributed by atoms with van der Waals surface area (Å²) in [5, 5.41) is 0.811. The minimum absolute atomic E-state index is 0.403. The van der Waals surface area contributed by atoms with Crippen molar-refractivity contribution in [3.63, 3.8) is 0 Å². The maximum Gasteiger partial charge on any atom is 0.0543 e. The molecule has 0 fully saturated rings. The lowest BCUT2D eigenvalue weighted by atomic mass is 9.92. The Morgan fingerprint density at radius 1 is 1.21 bits per heavy atom. The number of rotatable bonds is 1. The van der Waals surface area contributed by atoms with Crippen molar-refractivity contribution in [2.75, 3.05) is 11.9 Å². The minimum Gasteiger partial charge on any atom is -0.367 e. The van der Waals surface area contributed by atoms with Gasteiger partial charge in [0.15, 0.2) is 0 Å². The van der Waals surface area contributed by atoms with Crippen molar-refractivity contribution in [1.29, 1.82) is 0 Å². The van der Waals surface area contributed by atoms with Gasteiger partial charge in [0.05, 0.1) is 6.04 Å². The van der Waals surface area contributed by atoms with E-state index in [4.69, 9.17) is 11.6 Å². The Kier molecular flexibility index (Phi) is 3.55. The normalized spacial score (nSPS) is 18.3. The zero-order chi connectivity index (χ0) is 13.4. The summed E-state index contributed by atoms with van der Waals surface area (Å²) in [4.78, 5) is 2.36. The summed E-state index contributed by atoms with van der Waals surface area (Å²) in [5.74, 6) is 0. The van der Waals surface area contributed by atoms with Gasteiger partial charge in [-0.1, -0.05) is 45.7 Å². The Morgan fingerprint density at radius 3 is 2.79 bits per heavy atom. The maximum atomic E-state index is 6.11. The fraction of sp³-hybridized carbons (Fsp3) is 0.250. The summed E-state index contributed by atoms with van der Waals surface area (Å²) >= 11 is 9.76. The first-order chi connectivity index (χ1) is 9.16. The third kappa shape index (κ3) is 2.39. The number of nitrogens with zero attached hydrogens (tertiary/aromatic N) is 1. The Labute approximate surface area is 127 Å². The zero-order valence-corrected chi connectivity index (χ0v) is 13.1. The lowest BCUT2D eigenvalue weighted by Gasteiger charge is -2.37. The predicted octanol–water partition coefficient (Wildman–Crippen LogP) is 5.23. The molecule has 0 radical (unpaired) electrons. The van der Waals surface area contributed by atoms with E-state index in [1.165, 1.54) is 21.3 Å². The van der Waals surface area contributed by atoms with Gasteiger partial charge in [-0.2, -0.15) is 0 Å². The molecule has 3 heteroatoms. The van der Waals surface area contributed by atoms with Gasteiger partial charge in [0.2, 0.25) is 0 Å². The Hall–Kier alpha value is -0.990. The topological polar surface area (TPSA) is 3.24 Å². The van der Waals surface area contributed by atoms with Gasteiger partial charge in [-0.25, -0.2) is 0 Å². The van der Waals surface area contributed by atoms with E-state index >= 15 is 0 Å². The van der Waals surface area contributed by atoms with Crippen molar-refractivity contribution in [2.24, 2.45) is 0 Å². The molecule has 0 N–H and O–H groups in total. The van der Waals surface area contributed by atoms with Gasteiger partial charge >= 0.3 is 0 Å². The van der Waals surface area contributed by atoms with E-state index in [-0.39, 0.29) is 0 Å². The summed E-state index contributed by atoms with van der Waals surface area (Å²) in [5.41, 5.74) is 4.01. The standard InChI is InChI=1S/C16H15BrClN/c1-19-15(11-4-2-5-12(18)10-11)9-8-13-14(17)6-3-7-16(13)19/h2-7,10,15H,8-9H2,1H3. The van der Waals surface area contributed by atoms with Crippen LogP contribution in [0.4, 0.5) is 5.69 Å². The molecule has 1 aliphatic heterocycles. The molecule has 1 heterocycles. The van der Waals surface area contributed by atoms with Crippen molar-refractivity contribution in [2.45, 2.75) is 18.9 Å². The number of hydrogen-bond donors (Lipinski definition) is 0. The Bertz CT molecular complexity index is 611. The molecular weight excluding hydrogens is 322 g/mol. The van der Waals surface area contributed by atoms with Gasteiger partial charge in [0.25, 0.3) is 0 Å². The van der Waals surface area contributed by atoms with E-state index in [2.05, 4.69) is 58.2 Å². The van der Waals surface area contributed by atoms with Gasteiger partial charge in [-0.05, 0) is 48.2 Å². The average Bonchev–Trinajstić information content (AvgIpc) is 2.40. The molecule has 98 valence electrons. The Balaban J connectivity index is 2.00. The van der Waals surface area contributed by atoms with E-state index < -0.39 is 0 Å². The average molecular weight is 337 g/mol. The lowest BCUT2D eigenvalue weighted by molar-refractivity contribution is 0.583. The van der Waals surface area contributed by atoms with Crippen molar-refractivity contribution < 1.29 is 0 Å². The summed E-state index contributed by atoms with van der Waals surface area (Å²) in [6.07, 6.45) is 2.21. The van der Waals surface area contributed by atoms with Crippen LogP contribution in [0.25, 0.3) is 0 Å². The second-order valence-electron chi connectivity index (χ2n) is 4.96. The van der Waals surface area contributed by atoms with Crippen LogP contribution in [0.5, 0.6) is 0 Å². The summed E-state index contributed by atoms with van der Waals surface area (Å²) in [7, 11) is 2.16. The third-order valence-corrected chi connectivity index (χ3v) is 4.82. The van der Waals surface area contributed by atoms with Gasteiger partial charge in [0, 0.05) is 22.2 Å². The Morgan fingerprint density at radius 2 is 2.00 bits per heavy atom. The van der Waals surface area contributed by atoms with E-state index in [1.807, 2.05) is 12.1 Å². The molecule has 3 rings (SSSR count). The first-order valence-corrected chi connectivity index (χ1v) is 7.59. The number of fused-ring (bicyclic) bond motifs is 1. The molecule has 0 aliphatic carbocycles. The van der Waals surface area contributed by atoms with Crippen LogP contribution in [0.1, 0.15) is 23.6 Å². The fourth-order valence-corrected chi connectivity index (χ4v) is 3.62. The highest BCUT2D eigenvalue weighted by Gasteiger charge is 2.25. The smallest absolute Gasteiger partial charge is 0.0543 e. The van der Waals surface area contributed by atoms with Crippen molar-refractivity contribution in [3.05, 3.63) is 63.1 Å². The summed E-state index contributed by atoms with van der Waals surface area (Å²) in [6, 6.07) is 15.0. The SMILES string of the molecule is CN1c2cccc(Br)c2CCC1c1cccc(Cl)c1. The first-order valence-electron chi connectivity index (χ1n) is 6.42. The fourth-order valence-electron chi connectivity index (χ4n) is 2.87. The third-order valence-electron chi connectivity index (χ3n) is 3.84. The molecule has 0 bridgehead atoms. The van der Waals surface area contributed by atoms with Crippen LogP contribution in [0.2, 0.25) is 5.02 Å². The van der Waals surface area contributed by atoms with Gasteiger partial charge in [-0.15, -0.1) is 0 Å². The van der Waals surface area contributed by atoms with E-state index in [9.17, 15) is 0 Å². The van der Waals surface area contributed by atoms with E-state index in [0.717, 1.165) is 17.9 Å². The van der Waals surface area contributed by atoms with E-state index in [0.29, 0.717) is 6.04 Å². The molecule has 1 atom stereocenters. The molecule has 0 spiro atoms. The zero-order valence-electron chi connectivity index (χ0n) is 10.7. The largest absolute Gasteiger partial charge is 0.367 e. The first kappa shape index (κ1) is 13.0. The van der Waals surface area contributed by atoms with Crippen molar-refractivity contribution >= 4 is 33.2 Å². The highest BCUT2D eigenvalue weighted by Crippen LogP contribution is 2.40. The van der Waals surface area contributed by atoms with Crippen LogP contribution in [0.15, 0.2) is 46.9 Å². The van der Waals surface area contributed by atoms with Crippen LogP contribution >= 0.6 is 27.5 Å². The number of halogens is 2. The minimum atomic E-state index is 0.403. The van der Waals surface area contributed by atoms with Gasteiger partial charge in [-0.3, -0.25) is 0 Å². The predicted molar refractivity (Wildman–Crippen MR) is 85.1 cm³/mol. The molecule has 0 saturated carbocycles. The van der Waals surface area contributed by atoms with Crippen LogP contribution in [-0.2, 0) is 6.42 Å². The molecule has 0 aromatic heterocycles. The molecule has 2 aromatic carbocycles. The second-order valence-corrected chi connectivity index (χ2v) is 6.25. The molecule has 1 aliphatic rings. The molecule has 1 nitrogen and oxygen atoms in total. The summed E-state index contributed by atoms with van der Waals surface area (Å²) in [6.45, 7) is 0. The lowest BCUT2D eigenvalue weighted by Crippen LogP contribution is -2.29. The highest BCUT2D eigenvalue weighted by atomic mass is 79.9. The van der Waals surface area contributed by atoms with Crippen LogP contribution in [0.3, 0.4) is 0 Å². The van der Waals surface area contributed by atoms with Crippen LogP contribution < -0.4 is 4.90 Å². The van der Waals surface area contributed by atoms with Crippen LogP contribution in [-0.4, -0.2) is 7.05 Å². The maximum absolute atomic E-state index is 6.11. The van der Waals surface area contributed by atoms with Gasteiger partial charge < -0.3 is 4.90 Å². The van der Waals surface area contributed by atoms with E-state index in [1.54, 1.807) is 0 Å². The van der Waals surface area contributed by atoms with Crippen molar-refractivity contribution in [1.82, 2.24) is 0 Å². The van der Waals surface area contributed by atoms with Gasteiger partial charge in [0.1, 0.15) is 0 Å². The number of hydrogen-bond acceptors (Lipinski definition) is 1. The monoisotopic (exact) mass is 335 g/mol. The van der Waals surface area contributed by atoms with Crippen LogP contribution in [0, 0.1) is 0 Å². The molecule has 19 heavy (non-hydrogen) atoms. The number of benzene rings is 2. The highest BCUT2D eigenvalue weighted by molar-refractivity contribution is 9.10. The van der Waals surface area contributed by atoms with Crippen molar-refractivity contribution in [3.8, 4) is 0 Å². The molecule has 0 amide bonds. The quantitative estimate of drug-likeness (QED) is 0.689. The molecule has 1 unspecified atom stereocenters. The molecular formula is C16H15BrClN. The second kappa shape index (κ2) is 5.18. The number of anilines is 1. The molecule has 0 saturated heterocycles. The molecule has 2 aromatic rings. The summed E-state index contributed by atoms with van der Waals surface area (Å²) < 4.78 is 1.21.